The highest BCUT2D eigenvalue weighted by Crippen LogP contribution is 2.20. The summed E-state index contributed by atoms with van der Waals surface area (Å²) in [5.74, 6) is 0. The fourth-order valence-electron chi connectivity index (χ4n) is 1.06. The van der Waals surface area contributed by atoms with E-state index in [-0.39, 0.29) is 0 Å². The smallest absolute Gasteiger partial charge is 0.106 e. The third-order valence-corrected chi connectivity index (χ3v) is 2.22. The van der Waals surface area contributed by atoms with Crippen LogP contribution in [0.15, 0.2) is 12.1 Å². The van der Waals surface area contributed by atoms with E-state index < -0.39 is 0 Å². The first-order valence-corrected chi connectivity index (χ1v) is 4.67. The summed E-state index contributed by atoms with van der Waals surface area (Å²) in [6, 6.07) is 3.79. The van der Waals surface area contributed by atoms with E-state index in [1.165, 1.54) is 13.3 Å². The van der Waals surface area contributed by atoms with Crippen LogP contribution < -0.4 is 5.73 Å². The number of aryl methyl sites for hydroxylation is 1. The monoisotopic (exact) mass is 228 g/mol. The highest BCUT2D eigenvalue weighted by Gasteiger charge is 2.01. The molecule has 0 amide bonds. The van der Waals surface area contributed by atoms with Crippen molar-refractivity contribution in [3.63, 3.8) is 0 Å². The van der Waals surface area contributed by atoms with Crippen LogP contribution in [0.25, 0.3) is 0 Å². The molecule has 3 nitrogen and oxygen atoms in total. The molecule has 1 aromatic carbocycles. The first-order valence-electron chi connectivity index (χ1n) is 4.29. The second-order valence-corrected chi connectivity index (χ2v) is 2.95. The van der Waals surface area contributed by atoms with Gasteiger partial charge in [0.1, 0.15) is 6.79 Å². The number of hydrogen-bond donors (Lipinski definition) is 2. The van der Waals surface area contributed by atoms with Crippen LogP contribution in [0, 0.1) is 19.3 Å². The third kappa shape index (κ3) is 4.72. The van der Waals surface area contributed by atoms with E-state index in [9.17, 15) is 0 Å². The zero-order valence-corrected chi connectivity index (χ0v) is 10.1. The molecule has 0 bridgehead atoms. The average Bonchev–Trinajstić information content (AvgIpc) is 2.30. The Morgan fingerprint density at radius 3 is 2.13 bits per heavy atom. The van der Waals surface area contributed by atoms with Crippen LogP contribution in [-0.2, 0) is 4.79 Å². The molecule has 1 rings (SSSR count). The number of carbonyl (C=O) groups is 1. The molecule has 4 heteroatoms. The lowest BCUT2D eigenvalue weighted by molar-refractivity contribution is -0.0979. The molecular weight excluding hydrogens is 212 g/mol. The van der Waals surface area contributed by atoms with Crippen molar-refractivity contribution in [2.75, 3.05) is 7.05 Å². The van der Waals surface area contributed by atoms with Crippen molar-refractivity contribution in [3.8, 4) is 0 Å². The first kappa shape index (κ1) is 16.2. The second-order valence-electron chi connectivity index (χ2n) is 2.55. The lowest BCUT2D eigenvalue weighted by Gasteiger charge is -2.04. The van der Waals surface area contributed by atoms with E-state index in [0.29, 0.717) is 0 Å². The Bertz CT molecular complexity index is 314. The fourth-order valence-corrected chi connectivity index (χ4v) is 1.22. The van der Waals surface area contributed by atoms with E-state index in [1.54, 1.807) is 0 Å². The number of rotatable bonds is 1. The van der Waals surface area contributed by atoms with Crippen molar-refractivity contribution in [2.45, 2.75) is 13.8 Å². The van der Waals surface area contributed by atoms with Crippen molar-refractivity contribution in [3.05, 3.63) is 33.8 Å². The van der Waals surface area contributed by atoms with Crippen LogP contribution in [0.5, 0.6) is 0 Å². The quantitative estimate of drug-likeness (QED) is 0.725. The maximum atomic E-state index is 8.00. The van der Waals surface area contributed by atoms with Crippen LogP contribution in [0.3, 0.4) is 0 Å². The van der Waals surface area contributed by atoms with Gasteiger partial charge in [0.25, 0.3) is 0 Å². The van der Waals surface area contributed by atoms with Gasteiger partial charge < -0.3 is 15.9 Å². The van der Waals surface area contributed by atoms with E-state index in [4.69, 9.17) is 21.8 Å². The molecule has 0 saturated carbocycles. The number of hydrogen-bond acceptors (Lipinski definition) is 3. The molecular formula is C11H17ClN2O. The molecule has 0 saturated heterocycles. The molecule has 0 radical (unpaired) electrons. The molecule has 84 valence electrons. The van der Waals surface area contributed by atoms with Gasteiger partial charge in [-0.25, -0.2) is 0 Å². The van der Waals surface area contributed by atoms with Crippen molar-refractivity contribution < 1.29 is 4.79 Å². The maximum absolute atomic E-state index is 8.00. The number of halogens is 1. The molecule has 0 aliphatic rings. The zero-order chi connectivity index (χ0) is 12.4. The summed E-state index contributed by atoms with van der Waals surface area (Å²) in [7, 11) is 1.50. The summed E-state index contributed by atoms with van der Waals surface area (Å²) in [4.78, 5) is 8.00. The van der Waals surface area contributed by atoms with Crippen molar-refractivity contribution in [1.82, 2.24) is 0 Å². The van der Waals surface area contributed by atoms with Gasteiger partial charge in [0.05, 0.1) is 0 Å². The van der Waals surface area contributed by atoms with Gasteiger partial charge in [-0.1, -0.05) is 17.7 Å². The molecule has 0 atom stereocenters. The summed E-state index contributed by atoms with van der Waals surface area (Å²) in [6.07, 6.45) is 1.34. The Kier molecular flexibility index (Phi) is 10.1. The van der Waals surface area contributed by atoms with Gasteiger partial charge in [-0.2, -0.15) is 0 Å². The predicted octanol–water partition coefficient (Wildman–Crippen LogP) is 2.34. The topological polar surface area (TPSA) is 66.9 Å². The largest absolute Gasteiger partial charge is 0.333 e. The van der Waals surface area contributed by atoms with Crippen LogP contribution in [-0.4, -0.2) is 20.1 Å². The highest BCUT2D eigenvalue weighted by atomic mass is 35.5. The number of carbonyl (C=O) groups excluding carboxylic acids is 1. The Labute approximate surface area is 95.8 Å². The van der Waals surface area contributed by atoms with Crippen molar-refractivity contribution >= 4 is 24.6 Å². The minimum Gasteiger partial charge on any atom is -0.333 e. The zero-order valence-electron chi connectivity index (χ0n) is 9.30. The van der Waals surface area contributed by atoms with Gasteiger partial charge in [-0.3, -0.25) is 0 Å². The van der Waals surface area contributed by atoms with E-state index in [1.807, 2.05) is 32.8 Å². The lowest BCUT2D eigenvalue weighted by atomic mass is 10.0. The molecule has 0 aromatic heterocycles. The van der Waals surface area contributed by atoms with Gasteiger partial charge in [0.15, 0.2) is 0 Å². The summed E-state index contributed by atoms with van der Waals surface area (Å²) in [5.41, 5.74) is 7.51. The molecule has 0 aliphatic heterocycles. The Balaban J connectivity index is 0. The van der Waals surface area contributed by atoms with E-state index in [2.05, 4.69) is 5.73 Å². The summed E-state index contributed by atoms with van der Waals surface area (Å²) in [5, 5.41) is 7.87. The SMILES string of the molecule is C=O.CN.Cc1ccc(Cl)c(C)c1C=N. The number of nitrogens with one attached hydrogen (secondary N) is 1. The van der Waals surface area contributed by atoms with Gasteiger partial charge in [0, 0.05) is 11.2 Å². The molecule has 3 N–H and O–H groups in total. The average molecular weight is 229 g/mol. The molecule has 0 spiro atoms. The van der Waals surface area contributed by atoms with E-state index >= 15 is 0 Å². The van der Waals surface area contributed by atoms with E-state index in [0.717, 1.165) is 21.7 Å². The van der Waals surface area contributed by atoms with Crippen LogP contribution >= 0.6 is 11.6 Å². The van der Waals surface area contributed by atoms with Gasteiger partial charge in [-0.15, -0.1) is 0 Å². The van der Waals surface area contributed by atoms with Crippen LogP contribution in [0.2, 0.25) is 5.02 Å². The Hall–Kier alpha value is -1.19. The highest BCUT2D eigenvalue weighted by molar-refractivity contribution is 6.31. The lowest BCUT2D eigenvalue weighted by Crippen LogP contribution is -1.91. The minimum absolute atomic E-state index is 0.731. The third-order valence-electron chi connectivity index (χ3n) is 1.81. The Morgan fingerprint density at radius 2 is 1.80 bits per heavy atom. The number of benzene rings is 1. The predicted molar refractivity (Wildman–Crippen MR) is 66.0 cm³/mol. The van der Waals surface area contributed by atoms with Gasteiger partial charge in [0.2, 0.25) is 0 Å². The van der Waals surface area contributed by atoms with Crippen LogP contribution in [0.1, 0.15) is 16.7 Å². The van der Waals surface area contributed by atoms with Gasteiger partial charge >= 0.3 is 0 Å². The molecule has 15 heavy (non-hydrogen) atoms. The van der Waals surface area contributed by atoms with Gasteiger partial charge in [-0.05, 0) is 43.7 Å². The fraction of sp³-hybridized carbons (Fsp3) is 0.273. The van der Waals surface area contributed by atoms with Crippen molar-refractivity contribution in [1.29, 1.82) is 5.41 Å². The minimum atomic E-state index is 0.731. The second kappa shape index (κ2) is 9.37. The van der Waals surface area contributed by atoms with Crippen molar-refractivity contribution in [2.24, 2.45) is 5.73 Å². The standard InChI is InChI=1S/C9H10ClN.CH5N.CH2O/c1-6-3-4-9(10)7(2)8(6)5-11;2*1-2/h3-5,11H,1-2H3;2H2,1H3;1H2. The normalized spacial score (nSPS) is 7.80. The Morgan fingerprint density at radius 1 is 1.33 bits per heavy atom. The molecule has 0 aliphatic carbocycles. The summed E-state index contributed by atoms with van der Waals surface area (Å²) in [6.45, 7) is 5.90. The maximum Gasteiger partial charge on any atom is 0.106 e. The number of nitrogens with two attached hydrogens (primary N) is 1. The first-order chi connectivity index (χ1) is 7.16. The molecule has 0 fully saturated rings. The molecule has 0 heterocycles. The summed E-state index contributed by atoms with van der Waals surface area (Å²) >= 11 is 5.86. The van der Waals surface area contributed by atoms with Crippen LogP contribution in [0.4, 0.5) is 0 Å². The summed E-state index contributed by atoms with van der Waals surface area (Å²) < 4.78 is 0. The molecule has 0 unspecified atom stereocenters. The molecule has 1 aromatic rings.